The molecule has 1 aromatic rings. The minimum Gasteiger partial charge on any atom is -0.338 e. The molecule has 0 fully saturated rings. The highest BCUT2D eigenvalue weighted by Crippen LogP contribution is 2.13. The Bertz CT molecular complexity index is 370. The summed E-state index contributed by atoms with van der Waals surface area (Å²) in [6, 6.07) is 10.1. The van der Waals surface area contributed by atoms with Crippen LogP contribution in [-0.4, -0.2) is 23.9 Å². The van der Waals surface area contributed by atoms with E-state index in [0.717, 1.165) is 25.8 Å². The fourth-order valence-electron chi connectivity index (χ4n) is 2.22. The molecule has 0 radical (unpaired) electrons. The lowest BCUT2D eigenvalue weighted by atomic mass is 10.0. The van der Waals surface area contributed by atoms with Crippen molar-refractivity contribution in [1.82, 2.24) is 4.90 Å². The Morgan fingerprint density at radius 3 is 2.50 bits per heavy atom. The summed E-state index contributed by atoms with van der Waals surface area (Å²) in [5.41, 5.74) is 6.74. The zero-order valence-electron chi connectivity index (χ0n) is 12.5. The van der Waals surface area contributed by atoms with Crippen molar-refractivity contribution in [3.05, 3.63) is 35.9 Å². The molecule has 1 unspecified atom stereocenters. The predicted molar refractivity (Wildman–Crippen MR) is 86.9 cm³/mol. The summed E-state index contributed by atoms with van der Waals surface area (Å²) >= 11 is 0. The van der Waals surface area contributed by atoms with Crippen molar-refractivity contribution in [2.24, 2.45) is 11.7 Å². The molecule has 1 amide bonds. The molecule has 1 rings (SSSR count). The van der Waals surface area contributed by atoms with Gasteiger partial charge in [0.05, 0.1) is 0 Å². The number of nitrogens with two attached hydrogens (primary N) is 1. The first kappa shape index (κ1) is 18.9. The van der Waals surface area contributed by atoms with Gasteiger partial charge in [-0.2, -0.15) is 0 Å². The fourth-order valence-corrected chi connectivity index (χ4v) is 2.22. The van der Waals surface area contributed by atoms with Gasteiger partial charge in [0.25, 0.3) is 0 Å². The summed E-state index contributed by atoms with van der Waals surface area (Å²) in [5.74, 6) is 0.352. The van der Waals surface area contributed by atoms with Crippen LogP contribution in [0.3, 0.4) is 0 Å². The third kappa shape index (κ3) is 6.40. The predicted octanol–water partition coefficient (Wildman–Crippen LogP) is 3.22. The van der Waals surface area contributed by atoms with Gasteiger partial charge in [0, 0.05) is 19.0 Å². The Morgan fingerprint density at radius 1 is 1.30 bits per heavy atom. The van der Waals surface area contributed by atoms with Crippen LogP contribution in [0.15, 0.2) is 30.3 Å². The molecule has 0 aliphatic rings. The zero-order chi connectivity index (χ0) is 14.1. The smallest absolute Gasteiger partial charge is 0.225 e. The number of rotatable bonds is 8. The van der Waals surface area contributed by atoms with Crippen LogP contribution in [0.1, 0.15) is 38.7 Å². The molecule has 0 aliphatic heterocycles. The van der Waals surface area contributed by atoms with Crippen molar-refractivity contribution < 1.29 is 4.79 Å². The van der Waals surface area contributed by atoms with E-state index in [-0.39, 0.29) is 24.2 Å². The highest BCUT2D eigenvalue weighted by atomic mass is 35.5. The van der Waals surface area contributed by atoms with Gasteiger partial charge in [0.2, 0.25) is 5.91 Å². The molecular formula is C16H27ClN2O. The van der Waals surface area contributed by atoms with E-state index in [1.807, 2.05) is 30.0 Å². The van der Waals surface area contributed by atoms with Crippen LogP contribution in [0.25, 0.3) is 0 Å². The second kappa shape index (κ2) is 10.7. The van der Waals surface area contributed by atoms with Crippen LogP contribution in [0.4, 0.5) is 0 Å². The molecular weight excluding hydrogens is 272 g/mol. The second-order valence-corrected chi connectivity index (χ2v) is 5.08. The molecule has 1 atom stereocenters. The monoisotopic (exact) mass is 298 g/mol. The number of hydrogen-bond acceptors (Lipinski definition) is 2. The zero-order valence-corrected chi connectivity index (χ0v) is 13.4. The van der Waals surface area contributed by atoms with E-state index in [0.29, 0.717) is 13.1 Å². The van der Waals surface area contributed by atoms with E-state index in [1.54, 1.807) is 0 Å². The van der Waals surface area contributed by atoms with Crippen molar-refractivity contribution in [1.29, 1.82) is 0 Å². The Morgan fingerprint density at radius 2 is 1.95 bits per heavy atom. The van der Waals surface area contributed by atoms with Gasteiger partial charge in [0.1, 0.15) is 0 Å². The van der Waals surface area contributed by atoms with Crippen LogP contribution in [-0.2, 0) is 11.3 Å². The molecule has 0 aliphatic carbocycles. The number of nitrogens with zero attached hydrogens (tertiary/aromatic N) is 1. The summed E-state index contributed by atoms with van der Waals surface area (Å²) in [6.07, 6.45) is 2.85. The molecule has 3 nitrogen and oxygen atoms in total. The van der Waals surface area contributed by atoms with Crippen molar-refractivity contribution >= 4 is 18.3 Å². The number of hydrogen-bond donors (Lipinski definition) is 1. The molecule has 4 heteroatoms. The third-order valence-electron chi connectivity index (χ3n) is 3.30. The molecule has 20 heavy (non-hydrogen) atoms. The molecule has 0 aromatic heterocycles. The summed E-state index contributed by atoms with van der Waals surface area (Å²) in [7, 11) is 0. The maximum Gasteiger partial charge on any atom is 0.225 e. The summed E-state index contributed by atoms with van der Waals surface area (Å²) in [4.78, 5) is 14.4. The van der Waals surface area contributed by atoms with Gasteiger partial charge in [-0.05, 0) is 24.9 Å². The van der Waals surface area contributed by atoms with Crippen LogP contribution in [0.2, 0.25) is 0 Å². The Labute approximate surface area is 128 Å². The maximum atomic E-state index is 12.4. The van der Waals surface area contributed by atoms with Gasteiger partial charge >= 0.3 is 0 Å². The first-order valence-corrected chi connectivity index (χ1v) is 7.21. The van der Waals surface area contributed by atoms with E-state index in [9.17, 15) is 4.79 Å². The minimum absolute atomic E-state index is 0. The first-order valence-electron chi connectivity index (χ1n) is 7.21. The Kier molecular flexibility index (Phi) is 10.1. The normalized spacial score (nSPS) is 11.6. The first-order chi connectivity index (χ1) is 9.19. The van der Waals surface area contributed by atoms with E-state index in [1.165, 1.54) is 5.56 Å². The maximum absolute atomic E-state index is 12.4. The van der Waals surface area contributed by atoms with Crippen LogP contribution >= 0.6 is 12.4 Å². The molecule has 2 N–H and O–H groups in total. The number of carbonyl (C=O) groups excluding carboxylic acids is 1. The molecule has 0 spiro atoms. The SMILES string of the molecule is CCCC(C)C(=O)N(CCCN)Cc1ccccc1.Cl. The molecule has 0 bridgehead atoms. The van der Waals surface area contributed by atoms with Gasteiger partial charge < -0.3 is 10.6 Å². The molecule has 0 saturated carbocycles. The standard InChI is InChI=1S/C16H26N2O.ClH/c1-3-8-14(2)16(19)18(12-7-11-17)13-15-9-5-4-6-10-15;/h4-6,9-10,14H,3,7-8,11-13,17H2,1-2H3;1H. The minimum atomic E-state index is 0. The highest BCUT2D eigenvalue weighted by molar-refractivity contribution is 5.85. The fraction of sp³-hybridized carbons (Fsp3) is 0.562. The second-order valence-electron chi connectivity index (χ2n) is 5.08. The average Bonchev–Trinajstić information content (AvgIpc) is 2.44. The summed E-state index contributed by atoms with van der Waals surface area (Å²) in [5, 5.41) is 0. The molecule has 0 saturated heterocycles. The van der Waals surface area contributed by atoms with E-state index >= 15 is 0 Å². The van der Waals surface area contributed by atoms with Gasteiger partial charge in [-0.3, -0.25) is 4.79 Å². The molecule has 0 heterocycles. The number of benzene rings is 1. The average molecular weight is 299 g/mol. The Balaban J connectivity index is 0.00000361. The quantitative estimate of drug-likeness (QED) is 0.801. The molecule has 1 aromatic carbocycles. The van der Waals surface area contributed by atoms with E-state index in [2.05, 4.69) is 19.1 Å². The van der Waals surface area contributed by atoms with Gasteiger partial charge in [-0.1, -0.05) is 50.6 Å². The molecule has 114 valence electrons. The van der Waals surface area contributed by atoms with Gasteiger partial charge in [-0.15, -0.1) is 12.4 Å². The third-order valence-corrected chi connectivity index (χ3v) is 3.30. The van der Waals surface area contributed by atoms with Crippen molar-refractivity contribution in [2.45, 2.75) is 39.7 Å². The Hall–Kier alpha value is -1.06. The van der Waals surface area contributed by atoms with E-state index in [4.69, 9.17) is 5.73 Å². The summed E-state index contributed by atoms with van der Waals surface area (Å²) in [6.45, 7) is 6.20. The lowest BCUT2D eigenvalue weighted by Gasteiger charge is -2.26. The number of halogens is 1. The van der Waals surface area contributed by atoms with Crippen molar-refractivity contribution in [3.63, 3.8) is 0 Å². The van der Waals surface area contributed by atoms with Crippen LogP contribution in [0, 0.1) is 5.92 Å². The van der Waals surface area contributed by atoms with Crippen molar-refractivity contribution in [3.8, 4) is 0 Å². The van der Waals surface area contributed by atoms with Crippen LogP contribution in [0.5, 0.6) is 0 Å². The lowest BCUT2D eigenvalue weighted by Crippen LogP contribution is -2.36. The topological polar surface area (TPSA) is 46.3 Å². The summed E-state index contributed by atoms with van der Waals surface area (Å²) < 4.78 is 0. The highest BCUT2D eigenvalue weighted by Gasteiger charge is 2.19. The largest absolute Gasteiger partial charge is 0.338 e. The van der Waals surface area contributed by atoms with Gasteiger partial charge in [-0.25, -0.2) is 0 Å². The van der Waals surface area contributed by atoms with E-state index < -0.39 is 0 Å². The number of carbonyl (C=O) groups is 1. The van der Waals surface area contributed by atoms with Crippen LogP contribution < -0.4 is 5.73 Å². The van der Waals surface area contributed by atoms with Gasteiger partial charge in [0.15, 0.2) is 0 Å². The number of amides is 1. The van der Waals surface area contributed by atoms with Crippen molar-refractivity contribution in [2.75, 3.05) is 13.1 Å². The lowest BCUT2D eigenvalue weighted by molar-refractivity contribution is -0.135.